The molecule has 1 atom stereocenters. The maximum atomic E-state index is 11.7. The molecule has 0 spiro atoms. The summed E-state index contributed by atoms with van der Waals surface area (Å²) in [6.07, 6.45) is 0. The summed E-state index contributed by atoms with van der Waals surface area (Å²) in [4.78, 5) is 23.0. The van der Waals surface area contributed by atoms with Gasteiger partial charge in [-0.3, -0.25) is 10.1 Å². The van der Waals surface area contributed by atoms with Crippen molar-refractivity contribution in [3.8, 4) is 22.6 Å². The highest BCUT2D eigenvalue weighted by molar-refractivity contribution is 6.06. The Bertz CT molecular complexity index is 773. The van der Waals surface area contributed by atoms with Gasteiger partial charge in [0.2, 0.25) is 0 Å². The summed E-state index contributed by atoms with van der Waals surface area (Å²) in [5.41, 5.74) is 1.01. The fourth-order valence-electron chi connectivity index (χ4n) is 2.46. The highest BCUT2D eigenvalue weighted by Gasteiger charge is 2.42. The largest absolute Gasteiger partial charge is 0.497 e. The summed E-state index contributed by atoms with van der Waals surface area (Å²) in [5.74, 6) is 1.03. The Morgan fingerprint density at radius 3 is 2.38 bits per heavy atom. The predicted octanol–water partition coefficient (Wildman–Crippen LogP) is 2.34. The number of nitrogens with one attached hydrogen (secondary N) is 2. The summed E-state index contributed by atoms with van der Waals surface area (Å²) in [5, 5.41) is 4.77. The molecule has 1 fully saturated rings. The smallest absolute Gasteiger partial charge is 0.322 e. The molecule has 1 aliphatic rings. The monoisotopic (exact) mass is 326 g/mol. The lowest BCUT2D eigenvalue weighted by Crippen LogP contribution is -2.48. The lowest BCUT2D eigenvalue weighted by molar-refractivity contribution is -0.124. The van der Waals surface area contributed by atoms with Gasteiger partial charge in [0, 0.05) is 0 Å². The average molecular weight is 326 g/mol. The molecule has 0 aliphatic carbocycles. The number of ether oxygens (including phenoxy) is 2. The van der Waals surface area contributed by atoms with Crippen molar-refractivity contribution >= 4 is 11.9 Å². The van der Waals surface area contributed by atoms with Crippen molar-refractivity contribution in [3.63, 3.8) is 0 Å². The predicted molar refractivity (Wildman–Crippen MR) is 89.0 cm³/mol. The first kappa shape index (κ1) is 15.9. The summed E-state index contributed by atoms with van der Waals surface area (Å²) in [7, 11) is 1.63. The molecule has 2 aromatic carbocycles. The maximum Gasteiger partial charge on any atom is 0.322 e. The number of hydrogen-bond acceptors (Lipinski definition) is 4. The molecule has 1 unspecified atom stereocenters. The van der Waals surface area contributed by atoms with Gasteiger partial charge in [-0.1, -0.05) is 24.3 Å². The SMILES string of the molecule is COc1cccc(-c2ccc(OCC3(C)NC(=O)NC3=O)cc2)c1. The molecule has 2 aromatic rings. The Morgan fingerprint density at radius 1 is 1.00 bits per heavy atom. The van der Waals surface area contributed by atoms with Crippen molar-refractivity contribution in [1.29, 1.82) is 0 Å². The molecule has 1 saturated heterocycles. The van der Waals surface area contributed by atoms with Gasteiger partial charge in [-0.2, -0.15) is 0 Å². The second-order valence-electron chi connectivity index (χ2n) is 5.79. The Hall–Kier alpha value is -3.02. The van der Waals surface area contributed by atoms with E-state index in [1.54, 1.807) is 14.0 Å². The minimum atomic E-state index is -1.05. The Labute approximate surface area is 139 Å². The van der Waals surface area contributed by atoms with Crippen LogP contribution in [0.3, 0.4) is 0 Å². The van der Waals surface area contributed by atoms with Crippen LogP contribution in [-0.4, -0.2) is 31.2 Å². The number of benzene rings is 2. The molecular formula is C18H18N2O4. The first-order valence-electron chi connectivity index (χ1n) is 7.51. The quantitative estimate of drug-likeness (QED) is 0.827. The van der Waals surface area contributed by atoms with Crippen LogP contribution in [0.1, 0.15) is 6.92 Å². The number of amides is 3. The van der Waals surface area contributed by atoms with Crippen LogP contribution in [-0.2, 0) is 4.79 Å². The van der Waals surface area contributed by atoms with Gasteiger partial charge in [0.25, 0.3) is 5.91 Å². The fourth-order valence-corrected chi connectivity index (χ4v) is 2.46. The highest BCUT2D eigenvalue weighted by Crippen LogP contribution is 2.26. The lowest BCUT2D eigenvalue weighted by Gasteiger charge is -2.20. The minimum absolute atomic E-state index is 0.0586. The maximum absolute atomic E-state index is 11.7. The second-order valence-corrected chi connectivity index (χ2v) is 5.79. The number of carbonyl (C=O) groups is 2. The van der Waals surface area contributed by atoms with E-state index in [0.29, 0.717) is 5.75 Å². The van der Waals surface area contributed by atoms with Crippen LogP contribution in [0.4, 0.5) is 4.79 Å². The Balaban J connectivity index is 1.69. The molecule has 0 bridgehead atoms. The van der Waals surface area contributed by atoms with Crippen LogP contribution in [0.15, 0.2) is 48.5 Å². The van der Waals surface area contributed by atoms with Crippen molar-refractivity contribution in [2.75, 3.05) is 13.7 Å². The van der Waals surface area contributed by atoms with Gasteiger partial charge in [-0.15, -0.1) is 0 Å². The van der Waals surface area contributed by atoms with E-state index < -0.39 is 11.6 Å². The van der Waals surface area contributed by atoms with Crippen molar-refractivity contribution in [3.05, 3.63) is 48.5 Å². The van der Waals surface area contributed by atoms with E-state index in [4.69, 9.17) is 9.47 Å². The van der Waals surface area contributed by atoms with Crippen LogP contribution in [0.5, 0.6) is 11.5 Å². The minimum Gasteiger partial charge on any atom is -0.497 e. The zero-order chi connectivity index (χ0) is 17.2. The molecule has 1 heterocycles. The van der Waals surface area contributed by atoms with Crippen molar-refractivity contribution in [1.82, 2.24) is 10.6 Å². The van der Waals surface area contributed by atoms with Gasteiger partial charge in [0.05, 0.1) is 7.11 Å². The van der Waals surface area contributed by atoms with Gasteiger partial charge >= 0.3 is 6.03 Å². The average Bonchev–Trinajstić information content (AvgIpc) is 2.86. The molecule has 2 N–H and O–H groups in total. The number of methoxy groups -OCH3 is 1. The normalized spacial score (nSPS) is 19.6. The first-order valence-corrected chi connectivity index (χ1v) is 7.51. The lowest BCUT2D eigenvalue weighted by atomic mass is 10.0. The van der Waals surface area contributed by atoms with E-state index in [-0.39, 0.29) is 12.5 Å². The topological polar surface area (TPSA) is 76.7 Å². The van der Waals surface area contributed by atoms with E-state index in [9.17, 15) is 9.59 Å². The van der Waals surface area contributed by atoms with Gasteiger partial charge in [-0.25, -0.2) is 4.79 Å². The molecule has 0 radical (unpaired) electrons. The number of hydrogen-bond donors (Lipinski definition) is 2. The zero-order valence-electron chi connectivity index (χ0n) is 13.5. The molecule has 24 heavy (non-hydrogen) atoms. The fraction of sp³-hybridized carbons (Fsp3) is 0.222. The summed E-state index contributed by atoms with van der Waals surface area (Å²) in [6.45, 7) is 1.68. The Kier molecular flexibility index (Phi) is 4.12. The third-order valence-corrected chi connectivity index (χ3v) is 3.90. The molecular weight excluding hydrogens is 308 g/mol. The third kappa shape index (κ3) is 3.17. The number of carbonyl (C=O) groups excluding carboxylic acids is 2. The van der Waals surface area contributed by atoms with Gasteiger partial charge in [0.15, 0.2) is 5.54 Å². The molecule has 6 nitrogen and oxygen atoms in total. The standard InChI is InChI=1S/C18H18N2O4/c1-18(16(21)19-17(22)20-18)11-24-14-8-6-12(7-9-14)13-4-3-5-15(10-13)23-2/h3-10H,11H2,1-2H3,(H2,19,20,21,22). The molecule has 3 amide bonds. The molecule has 124 valence electrons. The molecule has 0 aromatic heterocycles. The number of rotatable bonds is 5. The number of imide groups is 1. The van der Waals surface area contributed by atoms with Gasteiger partial charge in [0.1, 0.15) is 18.1 Å². The van der Waals surface area contributed by atoms with Crippen LogP contribution in [0.2, 0.25) is 0 Å². The second kappa shape index (κ2) is 6.23. The van der Waals surface area contributed by atoms with Crippen molar-refractivity contribution in [2.45, 2.75) is 12.5 Å². The van der Waals surface area contributed by atoms with E-state index in [1.165, 1.54) is 0 Å². The van der Waals surface area contributed by atoms with E-state index in [2.05, 4.69) is 10.6 Å². The van der Waals surface area contributed by atoms with Crippen molar-refractivity contribution < 1.29 is 19.1 Å². The van der Waals surface area contributed by atoms with E-state index in [0.717, 1.165) is 16.9 Å². The first-order chi connectivity index (χ1) is 11.5. The van der Waals surface area contributed by atoms with Crippen LogP contribution >= 0.6 is 0 Å². The molecule has 0 saturated carbocycles. The highest BCUT2D eigenvalue weighted by atomic mass is 16.5. The van der Waals surface area contributed by atoms with Crippen molar-refractivity contribution in [2.24, 2.45) is 0 Å². The molecule has 3 rings (SSSR count). The summed E-state index contributed by atoms with van der Waals surface area (Å²) >= 11 is 0. The van der Waals surface area contributed by atoms with E-state index >= 15 is 0 Å². The third-order valence-electron chi connectivity index (χ3n) is 3.90. The molecule has 1 aliphatic heterocycles. The summed E-state index contributed by atoms with van der Waals surface area (Å²) in [6, 6.07) is 14.8. The van der Waals surface area contributed by atoms with Gasteiger partial charge < -0.3 is 14.8 Å². The number of urea groups is 1. The van der Waals surface area contributed by atoms with Crippen LogP contribution in [0.25, 0.3) is 11.1 Å². The van der Waals surface area contributed by atoms with Crippen LogP contribution in [0, 0.1) is 0 Å². The van der Waals surface area contributed by atoms with E-state index in [1.807, 2.05) is 48.5 Å². The zero-order valence-corrected chi connectivity index (χ0v) is 13.5. The molecule has 6 heteroatoms. The summed E-state index contributed by atoms with van der Waals surface area (Å²) < 4.78 is 10.9. The van der Waals surface area contributed by atoms with Gasteiger partial charge in [-0.05, 0) is 42.3 Å². The van der Waals surface area contributed by atoms with Crippen LogP contribution < -0.4 is 20.1 Å². The Morgan fingerprint density at radius 2 is 1.75 bits per heavy atom.